The molecule has 152 valence electrons. The van der Waals surface area contributed by atoms with Gasteiger partial charge in [-0.2, -0.15) is 13.2 Å². The summed E-state index contributed by atoms with van der Waals surface area (Å²) in [5.74, 6) is -0.300. The molecule has 2 aromatic carbocycles. The van der Waals surface area contributed by atoms with Gasteiger partial charge in [-0.15, -0.1) is 0 Å². The summed E-state index contributed by atoms with van der Waals surface area (Å²) in [6, 6.07) is 10.4. The number of rotatable bonds is 4. The van der Waals surface area contributed by atoms with Crippen molar-refractivity contribution in [2.45, 2.75) is 32.9 Å². The lowest BCUT2D eigenvalue weighted by Gasteiger charge is -2.31. The quantitative estimate of drug-likeness (QED) is 0.672. The number of amides is 1. The maximum Gasteiger partial charge on any atom is 0.409 e. The number of halogens is 3. The summed E-state index contributed by atoms with van der Waals surface area (Å²) in [5, 5.41) is 2.89. The van der Waals surface area contributed by atoms with Crippen molar-refractivity contribution in [3.8, 4) is 0 Å². The molecule has 0 saturated carbocycles. The van der Waals surface area contributed by atoms with Crippen LogP contribution in [-0.2, 0) is 6.42 Å². The lowest BCUT2D eigenvalue weighted by atomic mass is 10.0. The molecule has 29 heavy (non-hydrogen) atoms. The van der Waals surface area contributed by atoms with Crippen LogP contribution in [0, 0.1) is 6.92 Å². The second-order valence-electron chi connectivity index (χ2n) is 7.24. The van der Waals surface area contributed by atoms with Crippen LogP contribution in [0.1, 0.15) is 40.4 Å². The second-order valence-corrected chi connectivity index (χ2v) is 7.24. The van der Waals surface area contributed by atoms with Gasteiger partial charge in [-0.3, -0.25) is 4.79 Å². The molecule has 1 amide bonds. The molecule has 0 unspecified atom stereocenters. The Morgan fingerprint density at radius 1 is 1.21 bits per heavy atom. The summed E-state index contributed by atoms with van der Waals surface area (Å²) in [6.07, 6.45) is -1.15. The number of hydrogen-bond donors (Lipinski definition) is 1. The molecule has 0 aliphatic carbocycles. The maximum absolute atomic E-state index is 12.7. The fourth-order valence-corrected chi connectivity index (χ4v) is 3.48. The summed E-state index contributed by atoms with van der Waals surface area (Å²) in [7, 11) is 0. The molecule has 2 aromatic rings. The third kappa shape index (κ3) is 5.08. The van der Waals surface area contributed by atoms with Crippen LogP contribution in [-0.4, -0.2) is 18.6 Å². The van der Waals surface area contributed by atoms with Gasteiger partial charge in [0.25, 0.3) is 5.91 Å². The van der Waals surface area contributed by atoms with Crippen molar-refractivity contribution in [3.05, 3.63) is 77.0 Å². The van der Waals surface area contributed by atoms with Crippen LogP contribution in [0.5, 0.6) is 0 Å². The van der Waals surface area contributed by atoms with E-state index in [-0.39, 0.29) is 12.0 Å². The minimum atomic E-state index is -4.37. The number of benzene rings is 2. The third-order valence-electron chi connectivity index (χ3n) is 4.88. The number of nitrogens with one attached hydrogen (secondary N) is 1. The van der Waals surface area contributed by atoms with Crippen LogP contribution in [0.4, 0.5) is 24.5 Å². The number of nitrogens with zero attached hydrogens (tertiary/aromatic N) is 1. The van der Waals surface area contributed by atoms with Crippen molar-refractivity contribution in [1.29, 1.82) is 0 Å². The number of anilines is 2. The van der Waals surface area contributed by atoms with Crippen LogP contribution >= 0.6 is 0 Å². The van der Waals surface area contributed by atoms with E-state index in [1.54, 1.807) is 19.1 Å². The van der Waals surface area contributed by atoms with Gasteiger partial charge in [-0.25, -0.2) is 0 Å². The largest absolute Gasteiger partial charge is 0.409 e. The molecule has 0 spiro atoms. The molecule has 0 saturated heterocycles. The van der Waals surface area contributed by atoms with Crippen molar-refractivity contribution in [2.24, 2.45) is 0 Å². The standard InChI is InChI=1S/C23H23F3N2O/c1-15(2)28-12-4-5-18-7-8-19(14-21(18)28)27-22(29)20-9-6-17(13-16(20)3)10-11-23(24,25)26/h6-11,13-14H,1,4-5,12H2,2-3H3,(H,27,29)/b11-10+. The maximum atomic E-state index is 12.7. The molecular formula is C23H23F3N2O. The van der Waals surface area contributed by atoms with Crippen molar-refractivity contribution < 1.29 is 18.0 Å². The van der Waals surface area contributed by atoms with E-state index in [2.05, 4.69) is 16.8 Å². The second kappa shape index (κ2) is 8.15. The highest BCUT2D eigenvalue weighted by Crippen LogP contribution is 2.32. The first kappa shape index (κ1) is 20.7. The SMILES string of the molecule is C=C(C)N1CCCc2ccc(NC(=O)c3ccc(/C=C/C(F)(F)F)cc3C)cc21. The van der Waals surface area contributed by atoms with E-state index in [1.807, 2.05) is 25.1 Å². The first-order chi connectivity index (χ1) is 13.6. The van der Waals surface area contributed by atoms with Crippen molar-refractivity contribution in [3.63, 3.8) is 0 Å². The van der Waals surface area contributed by atoms with E-state index in [9.17, 15) is 18.0 Å². The van der Waals surface area contributed by atoms with Crippen LogP contribution in [0.25, 0.3) is 6.08 Å². The van der Waals surface area contributed by atoms with Gasteiger partial charge in [0.15, 0.2) is 0 Å². The summed E-state index contributed by atoms with van der Waals surface area (Å²) in [4.78, 5) is 14.8. The van der Waals surface area contributed by atoms with Crippen molar-refractivity contribution in [2.75, 3.05) is 16.8 Å². The first-order valence-corrected chi connectivity index (χ1v) is 9.38. The molecule has 3 rings (SSSR count). The highest BCUT2D eigenvalue weighted by atomic mass is 19.4. The Morgan fingerprint density at radius 2 is 1.97 bits per heavy atom. The molecule has 0 bridgehead atoms. The summed E-state index contributed by atoms with van der Waals surface area (Å²) < 4.78 is 37.0. The van der Waals surface area contributed by atoms with Gasteiger partial charge in [0.05, 0.1) is 0 Å². The summed E-state index contributed by atoms with van der Waals surface area (Å²) in [6.45, 7) is 8.58. The topological polar surface area (TPSA) is 32.3 Å². The number of fused-ring (bicyclic) bond motifs is 1. The zero-order valence-electron chi connectivity index (χ0n) is 16.4. The Bertz CT molecular complexity index is 977. The van der Waals surface area contributed by atoms with Gasteiger partial charge < -0.3 is 10.2 Å². The molecule has 0 aromatic heterocycles. The van der Waals surface area contributed by atoms with Gasteiger partial charge in [-0.1, -0.05) is 30.9 Å². The lowest BCUT2D eigenvalue weighted by molar-refractivity contribution is -0.0790. The highest BCUT2D eigenvalue weighted by molar-refractivity contribution is 6.05. The first-order valence-electron chi connectivity index (χ1n) is 9.38. The van der Waals surface area contributed by atoms with Crippen LogP contribution in [0.2, 0.25) is 0 Å². The minimum Gasteiger partial charge on any atom is -0.346 e. The Kier molecular flexibility index (Phi) is 5.82. The van der Waals surface area contributed by atoms with Gasteiger partial charge in [0.1, 0.15) is 0 Å². The van der Waals surface area contributed by atoms with E-state index in [4.69, 9.17) is 0 Å². The molecule has 1 N–H and O–H groups in total. The molecule has 1 aliphatic rings. The molecule has 1 heterocycles. The number of alkyl halides is 3. The predicted octanol–water partition coefficient (Wildman–Crippen LogP) is 6.11. The van der Waals surface area contributed by atoms with Gasteiger partial charge >= 0.3 is 6.18 Å². The Hall–Kier alpha value is -3.02. The molecule has 0 fully saturated rings. The molecule has 0 radical (unpaired) electrons. The van der Waals surface area contributed by atoms with E-state index in [0.29, 0.717) is 22.4 Å². The van der Waals surface area contributed by atoms with Crippen LogP contribution in [0.15, 0.2) is 54.8 Å². The molecule has 6 heteroatoms. The van der Waals surface area contributed by atoms with Crippen LogP contribution in [0.3, 0.4) is 0 Å². The van der Waals surface area contributed by atoms with Gasteiger partial charge in [0.2, 0.25) is 0 Å². The monoisotopic (exact) mass is 400 g/mol. The van der Waals surface area contributed by atoms with Crippen molar-refractivity contribution >= 4 is 23.4 Å². The number of carbonyl (C=O) groups is 1. The van der Waals surface area contributed by atoms with E-state index < -0.39 is 6.18 Å². The molecule has 0 atom stereocenters. The highest BCUT2D eigenvalue weighted by Gasteiger charge is 2.22. The number of hydrogen-bond acceptors (Lipinski definition) is 2. The predicted molar refractivity (Wildman–Crippen MR) is 111 cm³/mol. The normalized spacial score (nSPS) is 14.0. The number of allylic oxidation sites excluding steroid dienone is 2. The zero-order chi connectivity index (χ0) is 21.2. The Balaban J connectivity index is 1.79. The third-order valence-corrected chi connectivity index (χ3v) is 4.88. The summed E-state index contributed by atoms with van der Waals surface area (Å²) >= 11 is 0. The zero-order valence-corrected chi connectivity index (χ0v) is 16.4. The van der Waals surface area contributed by atoms with Crippen LogP contribution < -0.4 is 10.2 Å². The van der Waals surface area contributed by atoms with Crippen molar-refractivity contribution in [1.82, 2.24) is 0 Å². The fraction of sp³-hybridized carbons (Fsp3) is 0.261. The molecule has 1 aliphatic heterocycles. The average Bonchev–Trinajstić information content (AvgIpc) is 2.65. The van der Waals surface area contributed by atoms with Gasteiger partial charge in [0, 0.05) is 35.3 Å². The average molecular weight is 400 g/mol. The van der Waals surface area contributed by atoms with E-state index in [0.717, 1.165) is 36.8 Å². The molecular weight excluding hydrogens is 377 g/mol. The van der Waals surface area contributed by atoms with E-state index >= 15 is 0 Å². The Morgan fingerprint density at radius 3 is 2.62 bits per heavy atom. The number of aryl methyl sites for hydroxylation is 2. The number of carbonyl (C=O) groups excluding carboxylic acids is 1. The van der Waals surface area contributed by atoms with Gasteiger partial charge in [-0.05, 0) is 61.6 Å². The fourth-order valence-electron chi connectivity index (χ4n) is 3.48. The molecule has 3 nitrogen and oxygen atoms in total. The Labute approximate surface area is 168 Å². The van der Waals surface area contributed by atoms with E-state index in [1.165, 1.54) is 11.6 Å². The smallest absolute Gasteiger partial charge is 0.346 e. The minimum absolute atomic E-state index is 0.183. The lowest BCUT2D eigenvalue weighted by Crippen LogP contribution is -2.27. The summed E-state index contributed by atoms with van der Waals surface area (Å²) in [5.41, 5.74) is 5.30.